The second-order valence-corrected chi connectivity index (χ2v) is 7.86. The summed E-state index contributed by atoms with van der Waals surface area (Å²) in [7, 11) is 0. The van der Waals surface area contributed by atoms with Crippen LogP contribution in [0.15, 0.2) is 33.7 Å². The third kappa shape index (κ3) is 4.58. The standard InChI is InChI=1S/C10H12Br2N4Se/c11-9-5-13-15(7-9)1-3-17-4-2-16-8-10(12)6-14-16/h5-8H,1-4H2. The van der Waals surface area contributed by atoms with Crippen LogP contribution in [0, 0.1) is 0 Å². The maximum absolute atomic E-state index is 4.23. The van der Waals surface area contributed by atoms with Crippen molar-refractivity contribution in [2.24, 2.45) is 0 Å². The monoisotopic (exact) mass is 426 g/mol. The van der Waals surface area contributed by atoms with Gasteiger partial charge in [0.25, 0.3) is 0 Å². The van der Waals surface area contributed by atoms with Gasteiger partial charge in [0.15, 0.2) is 0 Å². The summed E-state index contributed by atoms with van der Waals surface area (Å²) in [5.74, 6) is 0. The van der Waals surface area contributed by atoms with Crippen LogP contribution in [0.3, 0.4) is 0 Å². The first-order chi connectivity index (χ1) is 8.24. The summed E-state index contributed by atoms with van der Waals surface area (Å²) in [5, 5.41) is 10.9. The minimum absolute atomic E-state index is 0.650. The Kier molecular flexibility index (Phi) is 5.28. The van der Waals surface area contributed by atoms with Gasteiger partial charge in [-0.05, 0) is 0 Å². The maximum atomic E-state index is 4.23. The van der Waals surface area contributed by atoms with Crippen LogP contribution in [-0.2, 0) is 13.1 Å². The van der Waals surface area contributed by atoms with E-state index in [1.807, 2.05) is 34.2 Å². The summed E-state index contributed by atoms with van der Waals surface area (Å²) in [6.45, 7) is 2.02. The summed E-state index contributed by atoms with van der Waals surface area (Å²) >= 11 is 7.44. The van der Waals surface area contributed by atoms with Crippen LogP contribution in [0.25, 0.3) is 0 Å². The van der Waals surface area contributed by atoms with Gasteiger partial charge in [-0.3, -0.25) is 0 Å². The fourth-order valence-electron chi connectivity index (χ4n) is 1.34. The molecule has 7 heteroatoms. The van der Waals surface area contributed by atoms with Gasteiger partial charge in [-0.15, -0.1) is 0 Å². The molecular weight excluding hydrogens is 415 g/mol. The van der Waals surface area contributed by atoms with Crippen LogP contribution in [-0.4, -0.2) is 34.5 Å². The van der Waals surface area contributed by atoms with E-state index in [0.717, 1.165) is 22.0 Å². The summed E-state index contributed by atoms with van der Waals surface area (Å²) in [6.07, 6.45) is 7.68. The Morgan fingerprint density at radius 2 is 1.41 bits per heavy atom. The van der Waals surface area contributed by atoms with Gasteiger partial charge in [0.1, 0.15) is 0 Å². The van der Waals surface area contributed by atoms with Crippen LogP contribution in [0.5, 0.6) is 0 Å². The Bertz CT molecular complexity index is 426. The van der Waals surface area contributed by atoms with E-state index in [1.54, 1.807) is 0 Å². The molecule has 0 unspecified atom stereocenters. The summed E-state index contributed by atoms with van der Waals surface area (Å²) in [4.78, 5) is 0. The van der Waals surface area contributed by atoms with E-state index in [0.29, 0.717) is 15.0 Å². The molecule has 0 aromatic carbocycles. The average Bonchev–Trinajstić information content (AvgIpc) is 2.88. The molecule has 0 aliphatic heterocycles. The van der Waals surface area contributed by atoms with Crippen molar-refractivity contribution in [3.8, 4) is 0 Å². The predicted octanol–water partition coefficient (Wildman–Crippen LogP) is 2.85. The van der Waals surface area contributed by atoms with Crippen LogP contribution in [0.4, 0.5) is 0 Å². The Morgan fingerprint density at radius 3 is 1.76 bits per heavy atom. The number of rotatable bonds is 6. The van der Waals surface area contributed by atoms with E-state index in [9.17, 15) is 0 Å². The second-order valence-electron chi connectivity index (χ2n) is 3.46. The van der Waals surface area contributed by atoms with E-state index in [4.69, 9.17) is 0 Å². The third-order valence-corrected chi connectivity index (χ3v) is 4.93. The molecule has 0 N–H and O–H groups in total. The number of hydrogen-bond donors (Lipinski definition) is 0. The molecule has 0 aliphatic rings. The van der Waals surface area contributed by atoms with E-state index in [2.05, 4.69) is 42.1 Å². The molecule has 0 saturated carbocycles. The second kappa shape index (κ2) is 6.73. The van der Waals surface area contributed by atoms with Crippen LogP contribution in [0.1, 0.15) is 0 Å². The first-order valence-corrected chi connectivity index (χ1v) is 9.18. The van der Waals surface area contributed by atoms with Crippen molar-refractivity contribution in [2.45, 2.75) is 23.7 Å². The molecule has 0 radical (unpaired) electrons. The zero-order valence-corrected chi connectivity index (χ0v) is 14.0. The number of nitrogens with zero attached hydrogens (tertiary/aromatic N) is 4. The van der Waals surface area contributed by atoms with Gasteiger partial charge in [-0.2, -0.15) is 0 Å². The Morgan fingerprint density at radius 1 is 0.941 bits per heavy atom. The number of aryl methyl sites for hydroxylation is 2. The molecule has 2 aromatic rings. The zero-order valence-electron chi connectivity index (χ0n) is 9.09. The Labute approximate surface area is 123 Å². The minimum atomic E-state index is 0.650. The van der Waals surface area contributed by atoms with Gasteiger partial charge < -0.3 is 0 Å². The molecule has 4 nitrogen and oxygen atoms in total. The van der Waals surface area contributed by atoms with Gasteiger partial charge in [0, 0.05) is 0 Å². The number of halogens is 2. The molecule has 17 heavy (non-hydrogen) atoms. The van der Waals surface area contributed by atoms with Crippen molar-refractivity contribution < 1.29 is 0 Å². The van der Waals surface area contributed by atoms with Crippen LogP contribution >= 0.6 is 31.9 Å². The zero-order chi connectivity index (χ0) is 12.1. The summed E-state index contributed by atoms with van der Waals surface area (Å²) in [5.41, 5.74) is 0. The molecule has 2 heterocycles. The SMILES string of the molecule is Brc1cnn(CC[Se]CCn2cc(Br)cn2)c1. The molecule has 0 aliphatic carbocycles. The fourth-order valence-corrected chi connectivity index (χ4v) is 3.75. The van der Waals surface area contributed by atoms with Gasteiger partial charge in [-0.25, -0.2) is 0 Å². The third-order valence-electron chi connectivity index (χ3n) is 2.13. The quantitative estimate of drug-likeness (QED) is 0.526. The van der Waals surface area contributed by atoms with Crippen molar-refractivity contribution in [1.29, 1.82) is 0 Å². The van der Waals surface area contributed by atoms with Crippen LogP contribution in [0.2, 0.25) is 10.6 Å². The summed E-state index contributed by atoms with van der Waals surface area (Å²) < 4.78 is 6.06. The van der Waals surface area contributed by atoms with Crippen LogP contribution < -0.4 is 0 Å². The van der Waals surface area contributed by atoms with E-state index in [-0.39, 0.29) is 0 Å². The fraction of sp³-hybridized carbons (Fsp3) is 0.400. The molecule has 0 bridgehead atoms. The summed E-state index contributed by atoms with van der Waals surface area (Å²) in [6, 6.07) is 0. The van der Waals surface area contributed by atoms with Gasteiger partial charge >= 0.3 is 124 Å². The van der Waals surface area contributed by atoms with E-state index in [1.165, 1.54) is 10.6 Å². The molecule has 2 rings (SSSR count). The molecule has 0 fully saturated rings. The molecule has 92 valence electrons. The first kappa shape index (κ1) is 13.3. The van der Waals surface area contributed by atoms with Gasteiger partial charge in [-0.1, -0.05) is 0 Å². The van der Waals surface area contributed by atoms with E-state index < -0.39 is 0 Å². The molecule has 0 spiro atoms. The number of hydrogen-bond acceptors (Lipinski definition) is 2. The Hall–Kier alpha value is -0.101. The van der Waals surface area contributed by atoms with Crippen molar-refractivity contribution in [3.05, 3.63) is 33.7 Å². The number of aromatic nitrogens is 4. The normalized spacial score (nSPS) is 10.9. The molecule has 2 aromatic heterocycles. The van der Waals surface area contributed by atoms with Gasteiger partial charge in [0.2, 0.25) is 0 Å². The molecule has 0 atom stereocenters. The molecular formula is C10H12Br2N4Se. The van der Waals surface area contributed by atoms with E-state index >= 15 is 0 Å². The van der Waals surface area contributed by atoms with Crippen molar-refractivity contribution in [3.63, 3.8) is 0 Å². The molecule has 0 amide bonds. The predicted molar refractivity (Wildman–Crippen MR) is 75.2 cm³/mol. The molecule has 0 saturated heterocycles. The van der Waals surface area contributed by atoms with Crippen molar-refractivity contribution in [2.75, 3.05) is 0 Å². The van der Waals surface area contributed by atoms with Gasteiger partial charge in [0.05, 0.1) is 0 Å². The first-order valence-electron chi connectivity index (χ1n) is 5.18. The average molecular weight is 427 g/mol. The topological polar surface area (TPSA) is 35.6 Å². The Balaban J connectivity index is 1.60. The van der Waals surface area contributed by atoms with Crippen molar-refractivity contribution >= 4 is 46.8 Å². The van der Waals surface area contributed by atoms with Crippen molar-refractivity contribution in [1.82, 2.24) is 19.6 Å².